The fourth-order valence-electron chi connectivity index (χ4n) is 13.5. The third-order valence-electron chi connectivity index (χ3n) is 16.8. The highest BCUT2D eigenvalue weighted by atomic mass is 15.2. The molecule has 0 fully saturated rings. The van der Waals surface area contributed by atoms with E-state index < -0.39 is 0 Å². The maximum Gasteiger partial charge on any atom is 0.0545 e. The highest BCUT2D eigenvalue weighted by molar-refractivity contribution is 6.11. The second-order valence-corrected chi connectivity index (χ2v) is 21.3. The minimum atomic E-state index is -0.356. The Morgan fingerprint density at radius 3 is 1.01 bits per heavy atom. The van der Waals surface area contributed by atoms with Gasteiger partial charge in [-0.05, 0) is 125 Å². The number of allylic oxidation sites excluding steroid dienone is 1. The van der Waals surface area contributed by atoms with Crippen LogP contribution >= 0.6 is 0 Å². The Morgan fingerprint density at radius 2 is 0.657 bits per heavy atom. The first kappa shape index (κ1) is 37.6. The van der Waals surface area contributed by atoms with Crippen molar-refractivity contribution in [2.75, 3.05) is 4.90 Å². The van der Waals surface area contributed by atoms with E-state index >= 15 is 0 Å². The smallest absolute Gasteiger partial charge is 0.0545 e. The lowest BCUT2D eigenvalue weighted by Gasteiger charge is -2.55. The summed E-state index contributed by atoms with van der Waals surface area (Å²) in [6, 6.07) is 60.2. The van der Waals surface area contributed by atoms with Gasteiger partial charge in [-0.1, -0.05) is 139 Å². The molecule has 0 unspecified atom stereocenters. The van der Waals surface area contributed by atoms with Gasteiger partial charge in [-0.2, -0.15) is 0 Å². The number of benzene rings is 8. The second-order valence-electron chi connectivity index (χ2n) is 21.3. The molecule has 0 radical (unpaired) electrons. The third kappa shape index (κ3) is 4.54. The van der Waals surface area contributed by atoms with Gasteiger partial charge in [0.2, 0.25) is 0 Å². The molecule has 0 saturated carbocycles. The van der Waals surface area contributed by atoms with E-state index in [1.807, 2.05) is 0 Å². The number of hydrogen-bond donors (Lipinski definition) is 0. The van der Waals surface area contributed by atoms with Crippen molar-refractivity contribution in [1.29, 1.82) is 0 Å². The molecule has 6 heterocycles. The lowest BCUT2D eigenvalue weighted by molar-refractivity contribution is 0.565. The third-order valence-corrected chi connectivity index (χ3v) is 16.8. The van der Waals surface area contributed by atoms with Crippen LogP contribution in [0, 0.1) is 0 Å². The molecule has 0 amide bonds. The molecule has 0 atom stereocenters. The lowest BCUT2D eigenvalue weighted by atomic mass is 9.60. The van der Waals surface area contributed by atoms with Gasteiger partial charge in [-0.3, -0.25) is 0 Å². The summed E-state index contributed by atoms with van der Waals surface area (Å²) >= 11 is 0. The van der Waals surface area contributed by atoms with Gasteiger partial charge in [0.1, 0.15) is 0 Å². The summed E-state index contributed by atoms with van der Waals surface area (Å²) in [6.45, 7) is 15.0. The van der Waals surface area contributed by atoms with Crippen LogP contribution in [0.15, 0.2) is 164 Å². The van der Waals surface area contributed by atoms with E-state index in [0.717, 1.165) is 12.8 Å². The number of nitrogens with zero attached hydrogens (tertiary/aromatic N) is 4. The summed E-state index contributed by atoms with van der Waals surface area (Å²) < 4.78 is 7.64. The molecule has 8 aromatic carbocycles. The van der Waals surface area contributed by atoms with Crippen LogP contribution in [0.5, 0.6) is 0 Å². The molecule has 322 valence electrons. The van der Waals surface area contributed by atoms with Crippen LogP contribution in [0.4, 0.5) is 17.1 Å². The van der Waals surface area contributed by atoms with Crippen molar-refractivity contribution in [1.82, 2.24) is 13.7 Å². The number of fused-ring (bicyclic) bond motifs is 9. The molecule has 4 heteroatoms. The molecule has 3 aliphatic heterocycles. The van der Waals surface area contributed by atoms with E-state index in [9.17, 15) is 0 Å². The summed E-state index contributed by atoms with van der Waals surface area (Å²) in [5.74, 6) is 0. The Kier molecular flexibility index (Phi) is 6.99. The predicted octanol–water partition coefficient (Wildman–Crippen LogP) is 16.2. The van der Waals surface area contributed by atoms with Crippen LogP contribution in [0.3, 0.4) is 0 Å². The Hall–Kier alpha value is -7.56. The zero-order chi connectivity index (χ0) is 44.9. The standard InChI is InChI=1S/C63H50N4/c1-61(2)46-31-37(64-52-25-13-7-19-40(52)41-20-8-14-26-53(41)64)33-48-58(46)67-59-47(61)32-38(65-54-27-15-9-21-42(54)43-22-10-16-28-55(43)65)34-49(59)63(5,6)51-36-39(35-50(60(51)67)62(48,3)4)66-56-29-17-11-23-44(56)45-24-12-18-30-57(45)66/h7-11,13-23,25-36H,12,24H2,1-6H3. The normalized spacial score (nSPS) is 16.7. The second kappa shape index (κ2) is 12.5. The average Bonchev–Trinajstić information content (AvgIpc) is 3.99. The lowest BCUT2D eigenvalue weighted by Crippen LogP contribution is -2.44. The van der Waals surface area contributed by atoms with Crippen molar-refractivity contribution >= 4 is 77.7 Å². The van der Waals surface area contributed by atoms with Gasteiger partial charge < -0.3 is 18.6 Å². The quantitative estimate of drug-likeness (QED) is 0.173. The summed E-state index contributed by atoms with van der Waals surface area (Å²) in [7, 11) is 0. The number of para-hydroxylation sites is 5. The molecule has 1 aliphatic carbocycles. The zero-order valence-corrected chi connectivity index (χ0v) is 38.9. The van der Waals surface area contributed by atoms with Crippen LogP contribution in [0.25, 0.3) is 77.7 Å². The van der Waals surface area contributed by atoms with Crippen molar-refractivity contribution in [3.63, 3.8) is 0 Å². The Bertz CT molecular complexity index is 3770. The predicted molar refractivity (Wildman–Crippen MR) is 280 cm³/mol. The summed E-state index contributed by atoms with van der Waals surface area (Å²) in [4.78, 5) is 2.74. The molecule has 0 saturated heterocycles. The molecule has 4 aliphatic rings. The van der Waals surface area contributed by atoms with Crippen molar-refractivity contribution in [3.8, 4) is 17.1 Å². The number of hydrogen-bond acceptors (Lipinski definition) is 1. The van der Waals surface area contributed by atoms with Gasteiger partial charge >= 0.3 is 0 Å². The van der Waals surface area contributed by atoms with Gasteiger partial charge in [0, 0.05) is 65.9 Å². The van der Waals surface area contributed by atoms with Crippen LogP contribution < -0.4 is 4.90 Å². The van der Waals surface area contributed by atoms with Crippen LogP contribution in [0.2, 0.25) is 0 Å². The van der Waals surface area contributed by atoms with E-state index in [-0.39, 0.29) is 16.2 Å². The summed E-state index contributed by atoms with van der Waals surface area (Å²) in [5, 5.41) is 6.48. The van der Waals surface area contributed by atoms with Gasteiger partial charge in [-0.25, -0.2) is 0 Å². The molecule has 4 nitrogen and oxygen atoms in total. The van der Waals surface area contributed by atoms with E-state index in [1.165, 1.54) is 133 Å². The van der Waals surface area contributed by atoms with Crippen LogP contribution in [-0.2, 0) is 22.7 Å². The first-order valence-electron chi connectivity index (χ1n) is 24.2. The molecule has 15 rings (SSSR count). The average molecular weight is 863 g/mol. The van der Waals surface area contributed by atoms with Gasteiger partial charge in [0.25, 0.3) is 0 Å². The van der Waals surface area contributed by atoms with E-state index in [4.69, 9.17) is 0 Å². The Labute approximate surface area is 390 Å². The fourth-order valence-corrected chi connectivity index (χ4v) is 13.5. The highest BCUT2D eigenvalue weighted by Gasteiger charge is 2.52. The van der Waals surface area contributed by atoms with E-state index in [1.54, 1.807) is 0 Å². The van der Waals surface area contributed by atoms with Crippen molar-refractivity contribution in [2.45, 2.75) is 70.6 Å². The maximum atomic E-state index is 2.74. The first-order valence-corrected chi connectivity index (χ1v) is 24.2. The fraction of sp³-hybridized carbons (Fsp3) is 0.175. The minimum Gasteiger partial charge on any atom is -0.310 e. The topological polar surface area (TPSA) is 18.0 Å². The maximum absolute atomic E-state index is 2.74. The van der Waals surface area contributed by atoms with E-state index in [2.05, 4.69) is 230 Å². The summed E-state index contributed by atoms with van der Waals surface area (Å²) in [6.07, 6.45) is 6.88. The number of aromatic nitrogens is 3. The van der Waals surface area contributed by atoms with Gasteiger partial charge in [0.05, 0.1) is 44.6 Å². The minimum absolute atomic E-state index is 0.349. The van der Waals surface area contributed by atoms with Crippen molar-refractivity contribution in [2.24, 2.45) is 0 Å². The van der Waals surface area contributed by atoms with Crippen molar-refractivity contribution in [3.05, 3.63) is 208 Å². The monoisotopic (exact) mass is 862 g/mol. The number of rotatable bonds is 3. The number of aryl methyl sites for hydroxylation is 1. The zero-order valence-electron chi connectivity index (χ0n) is 38.9. The van der Waals surface area contributed by atoms with Gasteiger partial charge in [-0.15, -0.1) is 0 Å². The Balaban J connectivity index is 1.10. The molecule has 0 bridgehead atoms. The van der Waals surface area contributed by atoms with Crippen LogP contribution in [0.1, 0.15) is 92.6 Å². The number of anilines is 3. The highest BCUT2D eigenvalue weighted by Crippen LogP contribution is 2.67. The molecule has 0 spiro atoms. The van der Waals surface area contributed by atoms with Crippen LogP contribution in [-0.4, -0.2) is 13.7 Å². The largest absolute Gasteiger partial charge is 0.310 e. The molecule has 67 heavy (non-hydrogen) atoms. The van der Waals surface area contributed by atoms with Crippen molar-refractivity contribution < 1.29 is 0 Å². The Morgan fingerprint density at radius 1 is 0.358 bits per heavy atom. The van der Waals surface area contributed by atoms with Gasteiger partial charge in [0.15, 0.2) is 0 Å². The molecule has 11 aromatic rings. The molecular weight excluding hydrogens is 813 g/mol. The molecule has 0 N–H and O–H groups in total. The first-order chi connectivity index (χ1) is 32.5. The molecule has 3 aromatic heterocycles. The summed E-state index contributed by atoms with van der Waals surface area (Å²) in [5.41, 5.74) is 23.9. The molecular formula is C63H50N4. The van der Waals surface area contributed by atoms with E-state index in [0.29, 0.717) is 0 Å². The SMILES string of the molecule is CC1(C)c2cc(-n3c4c(c5ccccc53)CCC=C4)cc3c2N2c4c1cc(-n1c5ccccc5c5ccccc51)cc4C(C)(C)c1cc(-n4c5ccccc5c5ccccc54)cc(c12)C3(C)C.